The Morgan fingerprint density at radius 2 is 2.00 bits per heavy atom. The van der Waals surface area contributed by atoms with Crippen molar-refractivity contribution in [2.75, 3.05) is 33.0 Å². The van der Waals surface area contributed by atoms with E-state index in [1.165, 1.54) is 0 Å². The van der Waals surface area contributed by atoms with Crippen LogP contribution >= 0.6 is 0 Å². The van der Waals surface area contributed by atoms with Gasteiger partial charge in [-0.2, -0.15) is 0 Å². The zero-order valence-electron chi connectivity index (χ0n) is 18.4. The summed E-state index contributed by atoms with van der Waals surface area (Å²) in [5, 5.41) is 16.5. The number of hydrogen-bond acceptors (Lipinski definition) is 5. The second kappa shape index (κ2) is 26.6. The molecule has 1 saturated heterocycles. The molecule has 19 heavy (non-hydrogen) atoms. The van der Waals surface area contributed by atoms with Crippen molar-refractivity contribution in [3.8, 4) is 0 Å². The first-order valence-electron chi connectivity index (χ1n) is 9.24. The minimum Gasteiger partial charge on any atom is -0.466 e. The number of carbonyl (C=O) groups excluding carboxylic acids is 1. The fraction of sp³-hybridized carbons (Fsp3) is 0.917. The van der Waals surface area contributed by atoms with Crippen molar-refractivity contribution in [1.29, 1.82) is 5.34 Å². The molecule has 0 atom stereocenters. The van der Waals surface area contributed by atoms with Gasteiger partial charge in [0.15, 0.2) is 0 Å². The van der Waals surface area contributed by atoms with Crippen LogP contribution in [0.25, 0.3) is 0 Å². The van der Waals surface area contributed by atoms with Crippen LogP contribution in [0.2, 0.25) is 0 Å². The van der Waals surface area contributed by atoms with Crippen LogP contribution in [-0.4, -0.2) is 62.8 Å². The minimum atomic E-state index is -3.00. The summed E-state index contributed by atoms with van der Waals surface area (Å²) in [4.78, 5) is 10.0. The van der Waals surface area contributed by atoms with Crippen molar-refractivity contribution in [1.82, 2.24) is 0 Å². The van der Waals surface area contributed by atoms with Crippen LogP contribution in [0.15, 0.2) is 0 Å². The third-order valence-electron chi connectivity index (χ3n) is 1.64. The van der Waals surface area contributed by atoms with Gasteiger partial charge in [-0.3, -0.25) is 4.79 Å². The molecule has 0 spiro atoms. The van der Waals surface area contributed by atoms with Gasteiger partial charge in [0.25, 0.3) is 0 Å². The standard InChI is InChI=1S/C4H6O2.C4H10O2.C4H10O.BH4.Li/c5-4-2-1-3-6-4;5-3-1-2-4-6;1-3-5-4-2;;/h1-3H2;5-6H,1-4H2;3-4H2,1-2H3;1H4;/q;;;-1;+1/i;3D2;;1D4;. The second-order valence-electron chi connectivity index (χ2n) is 3.09. The van der Waals surface area contributed by atoms with Gasteiger partial charge in [0, 0.05) is 32.8 Å². The molecule has 112 valence electrons. The summed E-state index contributed by atoms with van der Waals surface area (Å²) in [6.07, 6.45) is 1.85. The Kier molecular flexibility index (Phi) is 19.5. The number of esters is 1. The van der Waals surface area contributed by atoms with Crippen molar-refractivity contribution < 1.29 is 46.1 Å². The molecule has 0 aromatic rings. The van der Waals surface area contributed by atoms with Gasteiger partial charge in [-0.05, 0) is 33.1 Å². The van der Waals surface area contributed by atoms with Crippen LogP contribution in [0.1, 0.15) is 42.3 Å². The zero-order valence-corrected chi connectivity index (χ0v) is 12.4. The molecule has 0 unspecified atom stereocenters. The fourth-order valence-electron chi connectivity index (χ4n) is 0.837. The van der Waals surface area contributed by atoms with E-state index >= 15 is 0 Å². The first-order valence-corrected chi connectivity index (χ1v) is 5.94. The van der Waals surface area contributed by atoms with E-state index in [4.69, 9.17) is 23.0 Å². The monoisotopic (exact) mass is 278 g/mol. The maximum atomic E-state index is 10.0. The van der Waals surface area contributed by atoms with Crippen molar-refractivity contribution in [2.24, 2.45) is 0 Å². The maximum Gasteiger partial charge on any atom is 1.00 e. The summed E-state index contributed by atoms with van der Waals surface area (Å²) < 4.78 is 46.4. The van der Waals surface area contributed by atoms with Gasteiger partial charge in [-0.25, -0.2) is 5.34 Å². The molecule has 1 aliphatic heterocycles. The molecule has 0 aromatic heterocycles. The summed E-state index contributed by atoms with van der Waals surface area (Å²) >= 11 is 0. The number of rotatable bonds is 5. The van der Waals surface area contributed by atoms with Gasteiger partial charge >= 0.3 is 24.8 Å². The van der Waals surface area contributed by atoms with Gasteiger partial charge in [-0.1, -0.05) is 8.27 Å². The second-order valence-corrected chi connectivity index (χ2v) is 3.09. The first kappa shape index (κ1) is 14.0. The Morgan fingerprint density at radius 1 is 1.42 bits per heavy atom. The molecule has 0 bridgehead atoms. The fourth-order valence-corrected chi connectivity index (χ4v) is 0.837. The number of ether oxygens (including phenoxy) is 2. The smallest absolute Gasteiger partial charge is 0.466 e. The van der Waals surface area contributed by atoms with Crippen molar-refractivity contribution >= 4 is 14.2 Å². The largest absolute Gasteiger partial charge is 1.00 e. The Labute approximate surface area is 139 Å². The van der Waals surface area contributed by atoms with Gasteiger partial charge in [0.2, 0.25) is 0 Å². The molecule has 1 fully saturated rings. The number of cyclic esters (lactones) is 1. The van der Waals surface area contributed by atoms with Crippen molar-refractivity contribution in [2.45, 2.75) is 39.5 Å². The summed E-state index contributed by atoms with van der Waals surface area (Å²) in [5.41, 5.74) is 0. The number of hydrogen-bond donors (Lipinski definition) is 2. The maximum absolute atomic E-state index is 10.0. The summed E-state index contributed by atoms with van der Waals surface area (Å²) in [6, 6.07) is 0. The molecule has 7 heteroatoms. The predicted octanol–water partition coefficient (Wildman–Crippen LogP) is -3.33. The molecule has 0 aromatic carbocycles. The number of aliphatic hydroxyl groups is 2. The van der Waals surface area contributed by atoms with Gasteiger partial charge in [0.1, 0.15) is 0 Å². The van der Waals surface area contributed by atoms with E-state index in [1.807, 2.05) is 13.8 Å². The molecule has 0 amide bonds. The van der Waals surface area contributed by atoms with Gasteiger partial charge in [0.05, 0.1) is 9.35 Å². The Bertz CT molecular complexity index is 276. The van der Waals surface area contributed by atoms with Gasteiger partial charge < -0.3 is 19.7 Å². The van der Waals surface area contributed by atoms with Crippen LogP contribution < -0.4 is 18.9 Å². The molecule has 1 aliphatic rings. The number of carbonyl (C=O) groups is 1. The number of aliphatic hydroxyl groups excluding tert-OH is 1. The van der Waals surface area contributed by atoms with Crippen LogP contribution in [0.5, 0.6) is 0 Å². The molecular formula is C12H30BLiO5. The molecule has 5 nitrogen and oxygen atoms in total. The predicted molar refractivity (Wildman–Crippen MR) is 77.1 cm³/mol. The first-order chi connectivity index (χ1) is 10.9. The van der Waals surface area contributed by atoms with Crippen molar-refractivity contribution in [3.63, 3.8) is 0 Å². The van der Waals surface area contributed by atoms with E-state index in [0.29, 0.717) is 19.4 Å². The van der Waals surface area contributed by atoms with E-state index in [-0.39, 0.29) is 37.9 Å². The van der Waals surface area contributed by atoms with Crippen LogP contribution in [0.3, 0.4) is 0 Å². The summed E-state index contributed by atoms with van der Waals surface area (Å²) in [7, 11) is -3.00. The van der Waals surface area contributed by atoms with E-state index in [9.17, 15) is 4.79 Å². The normalized spacial score (nSPS) is 17.4. The van der Waals surface area contributed by atoms with Gasteiger partial charge in [-0.15, -0.1) is 0 Å². The average Bonchev–Trinajstić information content (AvgIpc) is 2.87. The minimum absolute atomic E-state index is 0. The summed E-state index contributed by atoms with van der Waals surface area (Å²) in [6.45, 7) is 4.13. The molecular weight excluding hydrogens is 242 g/mol. The van der Waals surface area contributed by atoms with Crippen LogP contribution in [0.4, 0.5) is 0 Å². The van der Waals surface area contributed by atoms with E-state index in [0.717, 1.165) is 19.6 Å². The third kappa shape index (κ3) is 32.0. The zero-order chi connectivity index (χ0) is 19.6. The Balaban J connectivity index is -0.000000118. The topological polar surface area (TPSA) is 76.0 Å². The molecule has 0 saturated carbocycles. The van der Waals surface area contributed by atoms with E-state index in [2.05, 4.69) is 4.74 Å². The molecule has 2 N–H and O–H groups in total. The summed E-state index contributed by atoms with van der Waals surface area (Å²) in [5.74, 6) is -0.0463. The van der Waals surface area contributed by atoms with E-state index < -0.39 is 14.8 Å². The Hall–Kier alpha value is 0.0123. The van der Waals surface area contributed by atoms with Crippen LogP contribution in [0, 0.1) is 0 Å². The average molecular weight is 278 g/mol. The Morgan fingerprint density at radius 3 is 2.11 bits per heavy atom. The molecule has 1 heterocycles. The van der Waals surface area contributed by atoms with Crippen LogP contribution in [-0.2, 0) is 14.3 Å². The third-order valence-corrected chi connectivity index (χ3v) is 1.64. The quantitative estimate of drug-likeness (QED) is 0.406. The molecule has 0 radical (unpaired) electrons. The molecule has 1 rings (SSSR count). The molecule has 0 aliphatic carbocycles. The SMILES string of the molecule is CCOCC.O=C1CCCO1.[2H]C([2H])(O)CCCO.[2H][B-]([2H])([2H])[2H].[Li+]. The van der Waals surface area contributed by atoms with Crippen molar-refractivity contribution in [3.05, 3.63) is 0 Å². The van der Waals surface area contributed by atoms with E-state index in [1.54, 1.807) is 0 Å².